The van der Waals surface area contributed by atoms with Crippen LogP contribution in [0, 0.1) is 12.8 Å². The van der Waals surface area contributed by atoms with E-state index in [1.54, 1.807) is 11.3 Å². The monoisotopic (exact) mass is 373 g/mol. The Balaban J connectivity index is 1.48. The standard InChI is InChI=1S/C20H27N3O2S/c1-15-6-7-17-18(14-15)26-20(21-17)23(19(24)16-4-2-5-16)9-3-8-22-10-12-25-13-11-22/h6-7,14,16H,2-5,8-13H2,1H3. The van der Waals surface area contributed by atoms with Crippen LogP contribution >= 0.6 is 11.3 Å². The normalized spacial score (nSPS) is 18.8. The van der Waals surface area contributed by atoms with Gasteiger partial charge in [0.25, 0.3) is 0 Å². The van der Waals surface area contributed by atoms with E-state index in [9.17, 15) is 4.79 Å². The lowest BCUT2D eigenvalue weighted by atomic mass is 9.84. The summed E-state index contributed by atoms with van der Waals surface area (Å²) in [6.07, 6.45) is 4.22. The number of thiazole rings is 1. The zero-order chi connectivity index (χ0) is 17.9. The lowest BCUT2D eigenvalue weighted by Gasteiger charge is -2.31. The van der Waals surface area contributed by atoms with E-state index in [1.807, 2.05) is 4.90 Å². The van der Waals surface area contributed by atoms with E-state index in [1.165, 1.54) is 16.7 Å². The highest BCUT2D eigenvalue weighted by Crippen LogP contribution is 2.34. The summed E-state index contributed by atoms with van der Waals surface area (Å²) in [6, 6.07) is 6.31. The second kappa shape index (κ2) is 8.03. The molecule has 1 aliphatic heterocycles. The number of rotatable bonds is 6. The zero-order valence-electron chi connectivity index (χ0n) is 15.4. The van der Waals surface area contributed by atoms with Gasteiger partial charge >= 0.3 is 0 Å². The highest BCUT2D eigenvalue weighted by Gasteiger charge is 2.31. The van der Waals surface area contributed by atoms with Gasteiger partial charge in [0.1, 0.15) is 0 Å². The van der Waals surface area contributed by atoms with E-state index < -0.39 is 0 Å². The predicted octanol–water partition coefficient (Wildman–Crippen LogP) is 3.46. The summed E-state index contributed by atoms with van der Waals surface area (Å²) in [4.78, 5) is 22.2. The Labute approximate surface area is 159 Å². The number of hydrogen-bond donors (Lipinski definition) is 0. The highest BCUT2D eigenvalue weighted by molar-refractivity contribution is 7.22. The van der Waals surface area contributed by atoms with Crippen LogP contribution in [0.25, 0.3) is 10.2 Å². The molecule has 0 N–H and O–H groups in total. The minimum Gasteiger partial charge on any atom is -0.379 e. The van der Waals surface area contributed by atoms with Gasteiger partial charge in [0, 0.05) is 32.1 Å². The second-order valence-corrected chi connectivity index (χ2v) is 8.40. The number of aryl methyl sites for hydroxylation is 1. The minimum atomic E-state index is 0.201. The molecular formula is C20H27N3O2S. The van der Waals surface area contributed by atoms with Gasteiger partial charge in [-0.1, -0.05) is 23.8 Å². The van der Waals surface area contributed by atoms with Crippen LogP contribution < -0.4 is 4.90 Å². The molecule has 0 radical (unpaired) electrons. The minimum absolute atomic E-state index is 0.201. The van der Waals surface area contributed by atoms with Gasteiger partial charge in [0.15, 0.2) is 5.13 Å². The number of anilines is 1. The van der Waals surface area contributed by atoms with Crippen LogP contribution in [0.4, 0.5) is 5.13 Å². The first-order chi connectivity index (χ1) is 12.7. The number of aromatic nitrogens is 1. The fourth-order valence-electron chi connectivity index (χ4n) is 3.59. The van der Waals surface area contributed by atoms with Crippen LogP contribution in [-0.4, -0.2) is 55.2 Å². The average molecular weight is 374 g/mol. The molecule has 1 aliphatic carbocycles. The fourth-order valence-corrected chi connectivity index (χ4v) is 4.68. The number of ether oxygens (including phenoxy) is 1. The van der Waals surface area contributed by atoms with Crippen LogP contribution in [0.3, 0.4) is 0 Å². The molecule has 1 amide bonds. The Morgan fingerprint density at radius 3 is 2.88 bits per heavy atom. The van der Waals surface area contributed by atoms with Crippen molar-refractivity contribution in [1.82, 2.24) is 9.88 Å². The van der Waals surface area contributed by atoms with Crippen molar-refractivity contribution in [1.29, 1.82) is 0 Å². The number of nitrogens with zero attached hydrogens (tertiary/aromatic N) is 3. The molecule has 0 atom stereocenters. The molecule has 2 heterocycles. The van der Waals surface area contributed by atoms with Crippen LogP contribution in [0.2, 0.25) is 0 Å². The fraction of sp³-hybridized carbons (Fsp3) is 0.600. The van der Waals surface area contributed by atoms with Crippen molar-refractivity contribution in [2.45, 2.75) is 32.6 Å². The van der Waals surface area contributed by atoms with E-state index in [4.69, 9.17) is 9.72 Å². The lowest BCUT2D eigenvalue weighted by Crippen LogP contribution is -2.42. The Bertz CT molecular complexity index is 766. The summed E-state index contributed by atoms with van der Waals surface area (Å²) >= 11 is 1.65. The number of carbonyl (C=O) groups is 1. The van der Waals surface area contributed by atoms with Gasteiger partial charge in [-0.15, -0.1) is 0 Å². The van der Waals surface area contributed by atoms with Crippen molar-refractivity contribution in [2.24, 2.45) is 5.92 Å². The highest BCUT2D eigenvalue weighted by atomic mass is 32.1. The van der Waals surface area contributed by atoms with Crippen molar-refractivity contribution in [3.8, 4) is 0 Å². The molecule has 2 aromatic rings. The number of amides is 1. The SMILES string of the molecule is Cc1ccc2nc(N(CCCN3CCOCC3)C(=O)C3CCC3)sc2c1. The van der Waals surface area contributed by atoms with Crippen LogP contribution in [0.15, 0.2) is 18.2 Å². The van der Waals surface area contributed by atoms with Gasteiger partial charge in [-0.25, -0.2) is 4.98 Å². The first kappa shape index (κ1) is 17.9. The van der Waals surface area contributed by atoms with Crippen LogP contribution in [-0.2, 0) is 9.53 Å². The third-order valence-corrected chi connectivity index (χ3v) is 6.48. The number of fused-ring (bicyclic) bond motifs is 1. The molecule has 4 rings (SSSR count). The van der Waals surface area contributed by atoms with Crippen molar-refractivity contribution in [3.05, 3.63) is 23.8 Å². The first-order valence-corrected chi connectivity index (χ1v) is 10.5. The quantitative estimate of drug-likeness (QED) is 0.778. The molecule has 0 unspecified atom stereocenters. The molecule has 1 aromatic carbocycles. The summed E-state index contributed by atoms with van der Waals surface area (Å²) in [5.41, 5.74) is 2.23. The average Bonchev–Trinajstić information content (AvgIpc) is 3.00. The van der Waals surface area contributed by atoms with Gasteiger partial charge in [-0.05, 0) is 43.9 Å². The lowest BCUT2D eigenvalue weighted by molar-refractivity contribution is -0.124. The maximum absolute atomic E-state index is 13.0. The van der Waals surface area contributed by atoms with Crippen molar-refractivity contribution < 1.29 is 9.53 Å². The molecule has 1 aromatic heterocycles. The van der Waals surface area contributed by atoms with Gasteiger partial charge in [-0.3, -0.25) is 14.6 Å². The van der Waals surface area contributed by atoms with Crippen LogP contribution in [0.1, 0.15) is 31.2 Å². The smallest absolute Gasteiger partial charge is 0.231 e. The van der Waals surface area contributed by atoms with Gasteiger partial charge < -0.3 is 4.74 Å². The van der Waals surface area contributed by atoms with E-state index in [2.05, 4.69) is 30.0 Å². The van der Waals surface area contributed by atoms with Crippen molar-refractivity contribution in [2.75, 3.05) is 44.3 Å². The number of carbonyl (C=O) groups excluding carboxylic acids is 1. The maximum Gasteiger partial charge on any atom is 0.231 e. The summed E-state index contributed by atoms with van der Waals surface area (Å²) in [5, 5.41) is 0.865. The number of hydrogen-bond acceptors (Lipinski definition) is 5. The second-order valence-electron chi connectivity index (χ2n) is 7.39. The zero-order valence-corrected chi connectivity index (χ0v) is 16.3. The van der Waals surface area contributed by atoms with E-state index in [0.29, 0.717) is 0 Å². The van der Waals surface area contributed by atoms with Crippen molar-refractivity contribution >= 4 is 32.6 Å². The molecular weight excluding hydrogens is 346 g/mol. The summed E-state index contributed by atoms with van der Waals surface area (Å²) in [5.74, 6) is 0.473. The largest absolute Gasteiger partial charge is 0.379 e. The van der Waals surface area contributed by atoms with Gasteiger partial charge in [0.05, 0.1) is 23.4 Å². The molecule has 2 fully saturated rings. The Morgan fingerprint density at radius 2 is 2.15 bits per heavy atom. The third-order valence-electron chi connectivity index (χ3n) is 5.44. The molecule has 6 heteroatoms. The van der Waals surface area contributed by atoms with Crippen LogP contribution in [0.5, 0.6) is 0 Å². The number of morpholine rings is 1. The topological polar surface area (TPSA) is 45.7 Å². The summed E-state index contributed by atoms with van der Waals surface area (Å²) < 4.78 is 6.58. The van der Waals surface area contributed by atoms with Crippen molar-refractivity contribution in [3.63, 3.8) is 0 Å². The molecule has 1 saturated carbocycles. The molecule has 2 aliphatic rings. The van der Waals surface area contributed by atoms with E-state index in [0.717, 1.165) is 69.3 Å². The third kappa shape index (κ3) is 3.92. The molecule has 26 heavy (non-hydrogen) atoms. The summed E-state index contributed by atoms with van der Waals surface area (Å²) in [6.45, 7) is 7.50. The Kier molecular flexibility index (Phi) is 5.52. The molecule has 0 bridgehead atoms. The molecule has 5 nitrogen and oxygen atoms in total. The van der Waals surface area contributed by atoms with Gasteiger partial charge in [-0.2, -0.15) is 0 Å². The maximum atomic E-state index is 13.0. The Morgan fingerprint density at radius 1 is 1.35 bits per heavy atom. The summed E-state index contributed by atoms with van der Waals surface area (Å²) in [7, 11) is 0. The predicted molar refractivity (Wildman–Crippen MR) is 106 cm³/mol. The molecule has 140 valence electrons. The van der Waals surface area contributed by atoms with E-state index >= 15 is 0 Å². The molecule has 1 saturated heterocycles. The molecule has 0 spiro atoms. The number of benzene rings is 1. The van der Waals surface area contributed by atoms with Gasteiger partial charge in [0.2, 0.25) is 5.91 Å². The van der Waals surface area contributed by atoms with E-state index in [-0.39, 0.29) is 11.8 Å². The Hall–Kier alpha value is -1.50. The first-order valence-electron chi connectivity index (χ1n) is 9.69.